The van der Waals surface area contributed by atoms with Gasteiger partial charge in [-0.25, -0.2) is 9.18 Å². The van der Waals surface area contributed by atoms with Crippen molar-refractivity contribution in [3.05, 3.63) is 65.0 Å². The third-order valence-corrected chi connectivity index (χ3v) is 7.66. The zero-order chi connectivity index (χ0) is 29.7. The molecule has 0 radical (unpaired) electrons. The minimum absolute atomic E-state index is 0.0136. The fourth-order valence-corrected chi connectivity index (χ4v) is 5.74. The Hall–Kier alpha value is -3.17. The fourth-order valence-electron chi connectivity index (χ4n) is 5.74. The molecule has 1 N–H and O–H groups in total. The number of rotatable bonds is 7. The second-order valence-corrected chi connectivity index (χ2v) is 11.8. The number of halogens is 1. The minimum Gasteiger partial charge on any atom is -0.466 e. The van der Waals surface area contributed by atoms with E-state index in [-0.39, 0.29) is 26.0 Å². The molecule has 2 fully saturated rings. The Labute approximate surface area is 241 Å². The van der Waals surface area contributed by atoms with Crippen LogP contribution in [0.3, 0.4) is 0 Å². The van der Waals surface area contributed by atoms with E-state index in [0.29, 0.717) is 29.0 Å². The summed E-state index contributed by atoms with van der Waals surface area (Å²) in [5.41, 5.74) is 0.782. The van der Waals surface area contributed by atoms with Crippen LogP contribution in [0.2, 0.25) is 0 Å². The van der Waals surface area contributed by atoms with Crippen molar-refractivity contribution >= 4 is 12.1 Å². The van der Waals surface area contributed by atoms with E-state index in [1.54, 1.807) is 71.0 Å². The molecule has 2 aliphatic heterocycles. The first kappa shape index (κ1) is 30.8. The zero-order valence-corrected chi connectivity index (χ0v) is 24.6. The maximum atomic E-state index is 14.8. The predicted octanol–water partition coefficient (Wildman–Crippen LogP) is 5.90. The maximum absolute atomic E-state index is 14.8. The molecule has 2 saturated heterocycles. The molecule has 1 unspecified atom stereocenters. The number of benzene rings is 2. The summed E-state index contributed by atoms with van der Waals surface area (Å²) in [6.07, 6.45) is 0.716. The molecule has 2 heterocycles. The molecule has 41 heavy (non-hydrogen) atoms. The van der Waals surface area contributed by atoms with Crippen molar-refractivity contribution in [3.63, 3.8) is 0 Å². The Morgan fingerprint density at radius 1 is 1.15 bits per heavy atom. The van der Waals surface area contributed by atoms with E-state index in [2.05, 4.69) is 0 Å². The molecule has 4 rings (SSSR count). The zero-order valence-electron chi connectivity index (χ0n) is 24.6. The average Bonchev–Trinajstić information content (AvgIpc) is 2.93. The summed E-state index contributed by atoms with van der Waals surface area (Å²) in [5.74, 6) is -2.55. The Kier molecular flexibility index (Phi) is 9.92. The minimum atomic E-state index is -1.12. The van der Waals surface area contributed by atoms with Gasteiger partial charge in [-0.15, -0.1) is 0 Å². The number of nitrogens with zero attached hydrogens (tertiary/aromatic N) is 1. The smallest absolute Gasteiger partial charge is 0.410 e. The van der Waals surface area contributed by atoms with Crippen molar-refractivity contribution in [1.82, 2.24) is 4.90 Å². The highest BCUT2D eigenvalue weighted by Gasteiger charge is 2.48. The third kappa shape index (κ3) is 7.57. The van der Waals surface area contributed by atoms with Crippen LogP contribution in [-0.4, -0.2) is 60.3 Å². The SMILES string of the molecule is CCOC(=O)[C@H]1CN(C(=O)OC(C)(C)C)C[C@H](C(O)c2cccc(O[C@H]3CCCCO3)c2)[C@@H]1c1cccc(F)c1C. The van der Waals surface area contributed by atoms with Gasteiger partial charge in [0, 0.05) is 31.3 Å². The number of carbonyl (C=O) groups excluding carboxylic acids is 2. The largest absolute Gasteiger partial charge is 0.466 e. The molecule has 0 spiro atoms. The first-order valence-corrected chi connectivity index (χ1v) is 14.4. The van der Waals surface area contributed by atoms with Crippen LogP contribution in [0.1, 0.15) is 75.7 Å². The number of aliphatic hydroxyl groups excluding tert-OH is 1. The monoisotopic (exact) mass is 571 g/mol. The number of hydrogen-bond donors (Lipinski definition) is 1. The van der Waals surface area contributed by atoms with Gasteiger partial charge in [0.1, 0.15) is 17.2 Å². The van der Waals surface area contributed by atoms with E-state index in [9.17, 15) is 19.1 Å². The summed E-state index contributed by atoms with van der Waals surface area (Å²) in [5, 5.41) is 11.9. The van der Waals surface area contributed by atoms with E-state index in [1.807, 2.05) is 0 Å². The number of likely N-dealkylation sites (tertiary alicyclic amines) is 1. The lowest BCUT2D eigenvalue weighted by molar-refractivity contribution is -0.152. The molecule has 9 heteroatoms. The standard InChI is InChI=1S/C32H42FNO7/c1-6-38-30(36)25-19-34(31(37)41-32(3,4)5)18-24(28(25)23-13-10-14-26(33)20(23)2)29(35)21-11-9-12-22(17-21)40-27-15-7-8-16-39-27/h9-14,17,24-25,27-29,35H,6-8,15-16,18-19H2,1-5H3/t24-,25-,27-,28-,29?/m0/s1. The second-order valence-electron chi connectivity index (χ2n) is 11.8. The van der Waals surface area contributed by atoms with Gasteiger partial charge >= 0.3 is 12.1 Å². The van der Waals surface area contributed by atoms with Crippen LogP contribution in [0, 0.1) is 24.6 Å². The highest BCUT2D eigenvalue weighted by atomic mass is 19.1. The normalized spacial score (nSPS) is 23.9. The van der Waals surface area contributed by atoms with Crippen molar-refractivity contribution in [2.24, 2.45) is 11.8 Å². The van der Waals surface area contributed by atoms with Gasteiger partial charge in [-0.3, -0.25) is 4.79 Å². The highest BCUT2D eigenvalue weighted by Crippen LogP contribution is 2.46. The van der Waals surface area contributed by atoms with Crippen LogP contribution >= 0.6 is 0 Å². The van der Waals surface area contributed by atoms with Crippen molar-refractivity contribution in [2.75, 3.05) is 26.3 Å². The molecule has 2 aliphatic rings. The summed E-state index contributed by atoms with van der Waals surface area (Å²) >= 11 is 0. The lowest BCUT2D eigenvalue weighted by atomic mass is 9.69. The molecule has 0 aliphatic carbocycles. The second kappa shape index (κ2) is 13.2. The Morgan fingerprint density at radius 2 is 1.90 bits per heavy atom. The van der Waals surface area contributed by atoms with Crippen molar-refractivity contribution in [2.45, 2.75) is 77.8 Å². The van der Waals surface area contributed by atoms with Crippen LogP contribution in [-0.2, 0) is 19.0 Å². The topological polar surface area (TPSA) is 94.5 Å². The molecular weight excluding hydrogens is 529 g/mol. The predicted molar refractivity (Wildman–Crippen MR) is 151 cm³/mol. The Balaban J connectivity index is 1.74. The molecule has 8 nitrogen and oxygen atoms in total. The lowest BCUT2D eigenvalue weighted by Gasteiger charge is -2.45. The molecule has 1 amide bonds. The highest BCUT2D eigenvalue weighted by molar-refractivity contribution is 5.76. The van der Waals surface area contributed by atoms with Crippen LogP contribution in [0.15, 0.2) is 42.5 Å². The molecule has 0 bridgehead atoms. The molecular formula is C32H42FNO7. The van der Waals surface area contributed by atoms with E-state index in [0.717, 1.165) is 19.3 Å². The molecule has 2 aromatic carbocycles. The van der Waals surface area contributed by atoms with Gasteiger partial charge in [0.25, 0.3) is 0 Å². The molecule has 5 atom stereocenters. The molecule has 224 valence electrons. The summed E-state index contributed by atoms with van der Waals surface area (Å²) in [7, 11) is 0. The van der Waals surface area contributed by atoms with Crippen LogP contribution in [0.5, 0.6) is 5.75 Å². The van der Waals surface area contributed by atoms with Crippen molar-refractivity contribution in [3.8, 4) is 5.75 Å². The van der Waals surface area contributed by atoms with Crippen LogP contribution in [0.25, 0.3) is 0 Å². The number of hydrogen-bond acceptors (Lipinski definition) is 7. The van der Waals surface area contributed by atoms with Gasteiger partial charge < -0.3 is 29.0 Å². The van der Waals surface area contributed by atoms with E-state index in [1.165, 1.54) is 11.0 Å². The number of carbonyl (C=O) groups is 2. The lowest BCUT2D eigenvalue weighted by Crippen LogP contribution is -2.53. The summed E-state index contributed by atoms with van der Waals surface area (Å²) < 4.78 is 37.7. The Morgan fingerprint density at radius 3 is 2.59 bits per heavy atom. The van der Waals surface area contributed by atoms with E-state index in [4.69, 9.17) is 18.9 Å². The third-order valence-electron chi connectivity index (χ3n) is 7.66. The maximum Gasteiger partial charge on any atom is 0.410 e. The van der Waals surface area contributed by atoms with Gasteiger partial charge in [-0.1, -0.05) is 24.3 Å². The van der Waals surface area contributed by atoms with Gasteiger partial charge in [-0.2, -0.15) is 0 Å². The van der Waals surface area contributed by atoms with Gasteiger partial charge in [0.05, 0.1) is 25.2 Å². The number of aliphatic hydroxyl groups is 1. The summed E-state index contributed by atoms with van der Waals surface area (Å²) in [4.78, 5) is 28.1. The van der Waals surface area contributed by atoms with E-state index < -0.39 is 47.3 Å². The fraction of sp³-hybridized carbons (Fsp3) is 0.562. The summed E-state index contributed by atoms with van der Waals surface area (Å²) in [6, 6.07) is 11.9. The van der Waals surface area contributed by atoms with Crippen molar-refractivity contribution in [1.29, 1.82) is 0 Å². The van der Waals surface area contributed by atoms with Crippen LogP contribution in [0.4, 0.5) is 9.18 Å². The van der Waals surface area contributed by atoms with Gasteiger partial charge in [-0.05, 0) is 82.3 Å². The quantitative estimate of drug-likeness (QED) is 0.414. The summed E-state index contributed by atoms with van der Waals surface area (Å²) in [6.45, 7) is 9.56. The van der Waals surface area contributed by atoms with E-state index >= 15 is 0 Å². The molecule has 2 aromatic rings. The first-order valence-electron chi connectivity index (χ1n) is 14.4. The number of amides is 1. The van der Waals surface area contributed by atoms with Gasteiger partial charge in [0.15, 0.2) is 6.29 Å². The number of piperidine rings is 1. The first-order chi connectivity index (χ1) is 19.5. The number of esters is 1. The van der Waals surface area contributed by atoms with Crippen LogP contribution < -0.4 is 4.74 Å². The van der Waals surface area contributed by atoms with Gasteiger partial charge in [0.2, 0.25) is 0 Å². The number of ether oxygens (including phenoxy) is 4. The molecule has 0 saturated carbocycles. The Bertz CT molecular complexity index is 1210. The van der Waals surface area contributed by atoms with Crippen molar-refractivity contribution < 1.29 is 38.0 Å². The molecule has 0 aromatic heterocycles. The average molecular weight is 572 g/mol.